The number of nitriles is 1. The lowest BCUT2D eigenvalue weighted by molar-refractivity contribution is 0.0954. The van der Waals surface area contributed by atoms with E-state index in [1.165, 1.54) is 18.5 Å². The smallest absolute Gasteiger partial charge is 0.252 e. The number of halogens is 1. The standard InChI is InChI=1S/C9H8ClN3O/c10-8-6-12-5-2-7(8)9(14)13-4-1-3-11/h2,5-6H,1,4H2,(H,13,14). The fourth-order valence-corrected chi connectivity index (χ4v) is 1.09. The highest BCUT2D eigenvalue weighted by atomic mass is 35.5. The highest BCUT2D eigenvalue weighted by Crippen LogP contribution is 2.12. The molecule has 1 aromatic heterocycles. The molecule has 0 fully saturated rings. The Morgan fingerprint density at radius 1 is 1.71 bits per heavy atom. The topological polar surface area (TPSA) is 65.8 Å². The molecule has 0 spiro atoms. The van der Waals surface area contributed by atoms with Gasteiger partial charge in [0.05, 0.1) is 23.1 Å². The minimum absolute atomic E-state index is 0.285. The van der Waals surface area contributed by atoms with E-state index in [4.69, 9.17) is 16.9 Å². The highest BCUT2D eigenvalue weighted by molar-refractivity contribution is 6.33. The van der Waals surface area contributed by atoms with Crippen molar-refractivity contribution in [3.63, 3.8) is 0 Å². The van der Waals surface area contributed by atoms with Crippen LogP contribution >= 0.6 is 11.6 Å². The quantitative estimate of drug-likeness (QED) is 0.765. The Morgan fingerprint density at radius 2 is 2.50 bits per heavy atom. The van der Waals surface area contributed by atoms with Crippen molar-refractivity contribution in [2.24, 2.45) is 0 Å². The van der Waals surface area contributed by atoms with Gasteiger partial charge in [0.1, 0.15) is 0 Å². The van der Waals surface area contributed by atoms with Gasteiger partial charge in [-0.25, -0.2) is 0 Å². The fraction of sp³-hybridized carbons (Fsp3) is 0.222. The van der Waals surface area contributed by atoms with Crippen LogP contribution in [0.5, 0.6) is 0 Å². The molecule has 0 radical (unpaired) electrons. The normalized spacial score (nSPS) is 9.14. The maximum absolute atomic E-state index is 11.4. The van der Waals surface area contributed by atoms with E-state index in [0.717, 1.165) is 0 Å². The summed E-state index contributed by atoms with van der Waals surface area (Å²) in [6.07, 6.45) is 3.18. The first-order valence-corrected chi connectivity index (χ1v) is 4.38. The predicted molar refractivity (Wildman–Crippen MR) is 51.8 cm³/mol. The summed E-state index contributed by atoms with van der Waals surface area (Å²) < 4.78 is 0. The van der Waals surface area contributed by atoms with Crippen molar-refractivity contribution in [2.75, 3.05) is 6.54 Å². The summed E-state index contributed by atoms with van der Waals surface area (Å²) in [4.78, 5) is 15.2. The molecule has 0 aliphatic carbocycles. The molecular formula is C9H8ClN3O. The Kier molecular flexibility index (Phi) is 3.89. The molecule has 0 aliphatic rings. The van der Waals surface area contributed by atoms with E-state index in [-0.39, 0.29) is 12.3 Å². The Morgan fingerprint density at radius 3 is 3.14 bits per heavy atom. The molecule has 1 aromatic rings. The summed E-state index contributed by atoms with van der Waals surface area (Å²) in [5.74, 6) is -0.285. The molecule has 14 heavy (non-hydrogen) atoms. The molecule has 0 aliphatic heterocycles. The van der Waals surface area contributed by atoms with Gasteiger partial charge in [-0.1, -0.05) is 11.6 Å². The summed E-state index contributed by atoms with van der Waals surface area (Å²) in [5.41, 5.74) is 0.375. The van der Waals surface area contributed by atoms with Gasteiger partial charge in [-0.2, -0.15) is 5.26 Å². The van der Waals surface area contributed by atoms with Gasteiger partial charge in [0.15, 0.2) is 0 Å². The van der Waals surface area contributed by atoms with Gasteiger partial charge < -0.3 is 5.32 Å². The summed E-state index contributed by atoms with van der Waals surface area (Å²) in [5, 5.41) is 11.1. The van der Waals surface area contributed by atoms with Gasteiger partial charge in [0.25, 0.3) is 5.91 Å². The van der Waals surface area contributed by atoms with Crippen molar-refractivity contribution in [3.8, 4) is 6.07 Å². The summed E-state index contributed by atoms with van der Waals surface area (Å²) >= 11 is 5.74. The second kappa shape index (κ2) is 5.20. The molecule has 0 saturated carbocycles. The van der Waals surface area contributed by atoms with Crippen molar-refractivity contribution in [1.29, 1.82) is 5.26 Å². The number of nitrogens with zero attached hydrogens (tertiary/aromatic N) is 2. The molecular weight excluding hydrogens is 202 g/mol. The van der Waals surface area contributed by atoms with Crippen molar-refractivity contribution < 1.29 is 4.79 Å². The first kappa shape index (κ1) is 10.5. The minimum atomic E-state index is -0.285. The van der Waals surface area contributed by atoms with Crippen LogP contribution in [0.1, 0.15) is 16.8 Å². The molecule has 4 nitrogen and oxygen atoms in total. The molecule has 0 saturated heterocycles. The Labute approximate surface area is 86.5 Å². The summed E-state index contributed by atoms with van der Waals surface area (Å²) in [7, 11) is 0. The van der Waals surface area contributed by atoms with E-state index < -0.39 is 0 Å². The van der Waals surface area contributed by atoms with Crippen LogP contribution in [0.3, 0.4) is 0 Å². The number of hydrogen-bond acceptors (Lipinski definition) is 3. The molecule has 1 amide bonds. The average Bonchev–Trinajstić information content (AvgIpc) is 2.18. The van der Waals surface area contributed by atoms with Crippen LogP contribution in [0.25, 0.3) is 0 Å². The number of carbonyl (C=O) groups is 1. The van der Waals surface area contributed by atoms with E-state index in [1.807, 2.05) is 6.07 Å². The summed E-state index contributed by atoms with van der Waals surface area (Å²) in [6, 6.07) is 3.46. The molecule has 0 aromatic carbocycles. The number of nitrogens with one attached hydrogen (secondary N) is 1. The first-order valence-electron chi connectivity index (χ1n) is 4.00. The van der Waals surface area contributed by atoms with Crippen LogP contribution in [0, 0.1) is 11.3 Å². The van der Waals surface area contributed by atoms with Crippen LogP contribution < -0.4 is 5.32 Å². The molecule has 1 N–H and O–H groups in total. The van der Waals surface area contributed by atoms with Crippen molar-refractivity contribution in [2.45, 2.75) is 6.42 Å². The average molecular weight is 210 g/mol. The lowest BCUT2D eigenvalue weighted by Crippen LogP contribution is -2.24. The number of amides is 1. The molecule has 1 rings (SSSR count). The number of hydrogen-bond donors (Lipinski definition) is 1. The van der Waals surface area contributed by atoms with Crippen LogP contribution in [-0.4, -0.2) is 17.4 Å². The van der Waals surface area contributed by atoms with Gasteiger partial charge in [-0.15, -0.1) is 0 Å². The lowest BCUT2D eigenvalue weighted by atomic mass is 10.2. The van der Waals surface area contributed by atoms with Gasteiger partial charge in [0.2, 0.25) is 0 Å². The predicted octanol–water partition coefficient (Wildman–Crippen LogP) is 1.38. The third kappa shape index (κ3) is 2.71. The second-order valence-electron chi connectivity index (χ2n) is 2.52. The van der Waals surface area contributed by atoms with Crippen LogP contribution in [0.15, 0.2) is 18.5 Å². The zero-order valence-corrected chi connectivity index (χ0v) is 8.08. The molecule has 0 unspecified atom stereocenters. The minimum Gasteiger partial charge on any atom is -0.351 e. The SMILES string of the molecule is N#CCCNC(=O)c1ccncc1Cl. The lowest BCUT2D eigenvalue weighted by Gasteiger charge is -2.03. The Bertz CT molecular complexity index is 373. The van der Waals surface area contributed by atoms with Gasteiger partial charge in [-0.3, -0.25) is 9.78 Å². The molecule has 1 heterocycles. The van der Waals surface area contributed by atoms with Crippen LogP contribution in [0.2, 0.25) is 5.02 Å². The van der Waals surface area contributed by atoms with E-state index in [0.29, 0.717) is 17.1 Å². The Hall–Kier alpha value is -1.60. The fourth-order valence-electron chi connectivity index (χ4n) is 0.886. The zero-order chi connectivity index (χ0) is 10.4. The van der Waals surface area contributed by atoms with E-state index in [9.17, 15) is 4.79 Å². The zero-order valence-electron chi connectivity index (χ0n) is 7.33. The van der Waals surface area contributed by atoms with Gasteiger partial charge >= 0.3 is 0 Å². The number of pyridine rings is 1. The number of carbonyl (C=O) groups excluding carboxylic acids is 1. The summed E-state index contributed by atoms with van der Waals surface area (Å²) in [6.45, 7) is 0.327. The van der Waals surface area contributed by atoms with Crippen LogP contribution in [-0.2, 0) is 0 Å². The largest absolute Gasteiger partial charge is 0.351 e. The van der Waals surface area contributed by atoms with E-state index in [1.54, 1.807) is 0 Å². The van der Waals surface area contributed by atoms with E-state index >= 15 is 0 Å². The van der Waals surface area contributed by atoms with Crippen molar-refractivity contribution in [1.82, 2.24) is 10.3 Å². The van der Waals surface area contributed by atoms with E-state index in [2.05, 4.69) is 10.3 Å². The van der Waals surface area contributed by atoms with Crippen molar-refractivity contribution >= 4 is 17.5 Å². The molecule has 72 valence electrons. The van der Waals surface area contributed by atoms with Crippen LogP contribution in [0.4, 0.5) is 0 Å². The Balaban J connectivity index is 2.62. The van der Waals surface area contributed by atoms with Gasteiger partial charge in [0, 0.05) is 18.9 Å². The molecule has 5 heteroatoms. The number of aromatic nitrogens is 1. The number of rotatable bonds is 3. The highest BCUT2D eigenvalue weighted by Gasteiger charge is 2.08. The maximum atomic E-state index is 11.4. The third-order valence-electron chi connectivity index (χ3n) is 1.54. The monoisotopic (exact) mass is 209 g/mol. The third-order valence-corrected chi connectivity index (χ3v) is 1.84. The molecule has 0 bridgehead atoms. The van der Waals surface area contributed by atoms with Gasteiger partial charge in [-0.05, 0) is 6.07 Å². The second-order valence-corrected chi connectivity index (χ2v) is 2.93. The first-order chi connectivity index (χ1) is 6.75. The molecule has 0 atom stereocenters. The van der Waals surface area contributed by atoms with Crippen molar-refractivity contribution in [3.05, 3.63) is 29.0 Å². The maximum Gasteiger partial charge on any atom is 0.252 e.